The van der Waals surface area contributed by atoms with Crippen LogP contribution in [-0.4, -0.2) is 50.8 Å². The van der Waals surface area contributed by atoms with E-state index in [1.165, 1.54) is 0 Å². The average molecular weight is 449 g/mol. The van der Waals surface area contributed by atoms with E-state index in [1.54, 1.807) is 0 Å². The molecule has 1 aromatic carbocycles. The number of nitrogens with one attached hydrogen (secondary N) is 1. The van der Waals surface area contributed by atoms with Gasteiger partial charge in [-0.2, -0.15) is 19.9 Å². The average Bonchev–Trinajstić information content (AvgIpc) is 3.34. The van der Waals surface area contributed by atoms with Gasteiger partial charge < -0.3 is 14.7 Å². The number of hydrogen-bond donors (Lipinski definition) is 1. The van der Waals surface area contributed by atoms with Gasteiger partial charge in [-0.1, -0.05) is 37.2 Å². The Morgan fingerprint density at radius 3 is 2.48 bits per heavy atom. The molecule has 2 heterocycles. The molecule has 4 rings (SSSR count). The minimum absolute atomic E-state index is 0.0117. The second-order valence-corrected chi connectivity index (χ2v) is 8.48. The second-order valence-electron chi connectivity index (χ2n) is 8.48. The van der Waals surface area contributed by atoms with Crippen molar-refractivity contribution in [3.8, 4) is 11.6 Å². The highest BCUT2D eigenvalue weighted by atomic mass is 16.5. The third-order valence-electron chi connectivity index (χ3n) is 5.79. The molecule has 0 bridgehead atoms. The summed E-state index contributed by atoms with van der Waals surface area (Å²) in [6.45, 7) is 7.34. The van der Waals surface area contributed by atoms with Gasteiger partial charge >= 0.3 is 0 Å². The zero-order chi connectivity index (χ0) is 23.4. The van der Waals surface area contributed by atoms with Crippen LogP contribution in [0.2, 0.25) is 0 Å². The van der Waals surface area contributed by atoms with Crippen molar-refractivity contribution in [2.75, 3.05) is 11.9 Å². The Bertz CT molecular complexity index is 1110. The van der Waals surface area contributed by atoms with Gasteiger partial charge in [0.2, 0.25) is 29.4 Å². The van der Waals surface area contributed by atoms with Gasteiger partial charge in [0, 0.05) is 30.6 Å². The van der Waals surface area contributed by atoms with Gasteiger partial charge in [0.15, 0.2) is 0 Å². The van der Waals surface area contributed by atoms with E-state index < -0.39 is 0 Å². The molecule has 10 nitrogen and oxygen atoms in total. The monoisotopic (exact) mass is 448 g/mol. The van der Waals surface area contributed by atoms with E-state index in [-0.39, 0.29) is 41.4 Å². The molecular weight excluding hydrogens is 420 g/mol. The van der Waals surface area contributed by atoms with Crippen LogP contribution in [0.15, 0.2) is 39.8 Å². The Morgan fingerprint density at radius 1 is 1.09 bits per heavy atom. The van der Waals surface area contributed by atoms with E-state index in [2.05, 4.69) is 42.1 Å². The molecule has 2 aromatic heterocycles. The topological polar surface area (TPSA) is 122 Å². The van der Waals surface area contributed by atoms with E-state index in [4.69, 9.17) is 4.52 Å². The quantitative estimate of drug-likeness (QED) is 0.541. The number of aliphatic imine (C=N–C) groups is 1. The largest absolute Gasteiger partial charge is 0.353 e. The summed E-state index contributed by atoms with van der Waals surface area (Å²) in [5.41, 5.74) is 0.916. The highest BCUT2D eigenvalue weighted by Gasteiger charge is 2.28. The van der Waals surface area contributed by atoms with Gasteiger partial charge in [0.05, 0.1) is 0 Å². The number of anilines is 2. The maximum Gasteiger partial charge on any atom is 0.254 e. The Morgan fingerprint density at radius 2 is 1.82 bits per heavy atom. The SMILES string of the molecule is C=Nc1nc(-c2noc(C3CCC(NC(=O)C(C)C)CC3)n2)nc(N(C)c2ccccc2)n1. The van der Waals surface area contributed by atoms with Gasteiger partial charge in [0.1, 0.15) is 0 Å². The molecule has 0 atom stereocenters. The fraction of sp³-hybridized carbons (Fsp3) is 0.435. The van der Waals surface area contributed by atoms with Gasteiger partial charge in [0.25, 0.3) is 5.95 Å². The standard InChI is InChI=1S/C23H28N8O2/c1-14(2)20(32)25-16-12-10-15(11-13-16)21-26-19(30-33-21)18-27-22(24-3)29-23(28-18)31(4)17-8-6-5-7-9-17/h5-9,14-16H,3,10-13H2,1-2,4H3,(H,25,32). The van der Waals surface area contributed by atoms with Crippen LogP contribution in [0.5, 0.6) is 0 Å². The van der Waals surface area contributed by atoms with E-state index in [1.807, 2.05) is 56.1 Å². The normalized spacial score (nSPS) is 18.2. The molecule has 0 spiro atoms. The summed E-state index contributed by atoms with van der Waals surface area (Å²) < 4.78 is 5.56. The van der Waals surface area contributed by atoms with Crippen LogP contribution >= 0.6 is 0 Å². The molecule has 0 radical (unpaired) electrons. The molecule has 1 aliphatic rings. The van der Waals surface area contributed by atoms with Crippen molar-refractivity contribution in [1.82, 2.24) is 30.4 Å². The predicted molar refractivity (Wildman–Crippen MR) is 125 cm³/mol. The van der Waals surface area contributed by atoms with Crippen LogP contribution < -0.4 is 10.2 Å². The highest BCUT2D eigenvalue weighted by molar-refractivity contribution is 5.78. The van der Waals surface area contributed by atoms with E-state index >= 15 is 0 Å². The number of aromatic nitrogens is 5. The maximum absolute atomic E-state index is 12.0. The molecule has 3 aromatic rings. The number of nitrogens with zero attached hydrogens (tertiary/aromatic N) is 7. The highest BCUT2D eigenvalue weighted by Crippen LogP contribution is 2.33. The van der Waals surface area contributed by atoms with Crippen LogP contribution in [0, 0.1) is 5.92 Å². The molecule has 0 unspecified atom stereocenters. The fourth-order valence-corrected chi connectivity index (χ4v) is 3.79. The molecule has 0 aliphatic heterocycles. The number of para-hydroxylation sites is 1. The molecule has 1 saturated carbocycles. The summed E-state index contributed by atoms with van der Waals surface area (Å²) in [4.78, 5) is 35.4. The lowest BCUT2D eigenvalue weighted by molar-refractivity contribution is -0.124. The van der Waals surface area contributed by atoms with Gasteiger partial charge in [-0.15, -0.1) is 0 Å². The van der Waals surface area contributed by atoms with Crippen molar-refractivity contribution < 1.29 is 9.32 Å². The van der Waals surface area contributed by atoms with Crippen molar-refractivity contribution in [1.29, 1.82) is 0 Å². The first-order valence-corrected chi connectivity index (χ1v) is 11.1. The summed E-state index contributed by atoms with van der Waals surface area (Å²) in [5, 5.41) is 7.22. The van der Waals surface area contributed by atoms with E-state index in [0.717, 1.165) is 31.4 Å². The summed E-state index contributed by atoms with van der Waals surface area (Å²) in [6.07, 6.45) is 3.49. The zero-order valence-corrected chi connectivity index (χ0v) is 19.1. The van der Waals surface area contributed by atoms with Crippen molar-refractivity contribution in [2.24, 2.45) is 10.9 Å². The van der Waals surface area contributed by atoms with E-state index in [9.17, 15) is 4.79 Å². The number of amides is 1. The molecule has 10 heteroatoms. The number of hydrogen-bond acceptors (Lipinski definition) is 9. The fourth-order valence-electron chi connectivity index (χ4n) is 3.79. The molecule has 1 fully saturated rings. The second kappa shape index (κ2) is 9.85. The molecule has 1 aliphatic carbocycles. The Hall–Kier alpha value is -3.69. The summed E-state index contributed by atoms with van der Waals surface area (Å²) in [6, 6.07) is 9.93. The minimum atomic E-state index is -0.0117. The summed E-state index contributed by atoms with van der Waals surface area (Å²) in [5.74, 6) is 1.94. The number of carbonyl (C=O) groups excluding carboxylic acids is 1. The van der Waals surface area contributed by atoms with Crippen LogP contribution in [-0.2, 0) is 4.79 Å². The lowest BCUT2D eigenvalue weighted by Gasteiger charge is -2.27. The first-order chi connectivity index (χ1) is 15.9. The van der Waals surface area contributed by atoms with Crippen molar-refractivity contribution in [3.05, 3.63) is 36.2 Å². The molecule has 172 valence electrons. The Labute approximate surface area is 192 Å². The summed E-state index contributed by atoms with van der Waals surface area (Å²) in [7, 11) is 1.86. The number of rotatable bonds is 7. The number of carbonyl (C=O) groups is 1. The van der Waals surface area contributed by atoms with Gasteiger partial charge in [-0.3, -0.25) is 4.79 Å². The smallest absolute Gasteiger partial charge is 0.254 e. The Kier molecular flexibility index (Phi) is 6.71. The van der Waals surface area contributed by atoms with Gasteiger partial charge in [-0.25, -0.2) is 4.99 Å². The first-order valence-electron chi connectivity index (χ1n) is 11.1. The van der Waals surface area contributed by atoms with Crippen molar-refractivity contribution >= 4 is 30.2 Å². The lowest BCUT2D eigenvalue weighted by Crippen LogP contribution is -2.39. The van der Waals surface area contributed by atoms with Gasteiger partial charge in [-0.05, 0) is 44.5 Å². The minimum Gasteiger partial charge on any atom is -0.353 e. The first kappa shape index (κ1) is 22.5. The molecular formula is C23H28N8O2. The van der Waals surface area contributed by atoms with Crippen molar-refractivity contribution in [2.45, 2.75) is 51.5 Å². The lowest BCUT2D eigenvalue weighted by atomic mass is 9.86. The zero-order valence-electron chi connectivity index (χ0n) is 19.1. The predicted octanol–water partition coefficient (Wildman–Crippen LogP) is 3.82. The number of benzene rings is 1. The summed E-state index contributed by atoms with van der Waals surface area (Å²) >= 11 is 0. The Balaban J connectivity index is 1.49. The molecule has 1 amide bonds. The van der Waals surface area contributed by atoms with Crippen LogP contribution in [0.25, 0.3) is 11.6 Å². The maximum atomic E-state index is 12.0. The van der Waals surface area contributed by atoms with Crippen LogP contribution in [0.4, 0.5) is 17.6 Å². The molecule has 1 N–H and O–H groups in total. The van der Waals surface area contributed by atoms with E-state index in [0.29, 0.717) is 11.8 Å². The third kappa shape index (κ3) is 5.21. The molecule has 33 heavy (non-hydrogen) atoms. The van der Waals surface area contributed by atoms with Crippen LogP contribution in [0.3, 0.4) is 0 Å². The molecule has 0 saturated heterocycles. The van der Waals surface area contributed by atoms with Crippen molar-refractivity contribution in [3.63, 3.8) is 0 Å². The third-order valence-corrected chi connectivity index (χ3v) is 5.79. The van der Waals surface area contributed by atoms with Crippen LogP contribution in [0.1, 0.15) is 51.3 Å².